The number of para-hydroxylation sites is 1. The molecule has 1 aliphatic carbocycles. The third kappa shape index (κ3) is 3.26. The van der Waals surface area contributed by atoms with Crippen LogP contribution in [0.3, 0.4) is 0 Å². The highest BCUT2D eigenvalue weighted by atomic mass is 32.1. The van der Waals surface area contributed by atoms with Gasteiger partial charge in [0.1, 0.15) is 5.82 Å². The Morgan fingerprint density at radius 1 is 1.28 bits per heavy atom. The molecule has 0 aliphatic heterocycles. The van der Waals surface area contributed by atoms with Crippen molar-refractivity contribution in [2.24, 2.45) is 0 Å². The van der Waals surface area contributed by atoms with E-state index in [2.05, 4.69) is 10.6 Å². The third-order valence-corrected chi connectivity index (χ3v) is 3.32. The van der Waals surface area contributed by atoms with Gasteiger partial charge in [0.05, 0.1) is 5.69 Å². The highest BCUT2D eigenvalue weighted by Gasteiger charge is 2.19. The first-order valence-electron chi connectivity index (χ1n) is 6.03. The lowest BCUT2D eigenvalue weighted by atomic mass is 10.2. The molecule has 1 aliphatic rings. The molecule has 1 aromatic carbocycles. The summed E-state index contributed by atoms with van der Waals surface area (Å²) >= 11 is 5.01. The van der Waals surface area contributed by atoms with Crippen molar-refractivity contribution < 1.29 is 9.18 Å². The molecule has 18 heavy (non-hydrogen) atoms. The largest absolute Gasteiger partial charge is 0.369 e. The lowest BCUT2D eigenvalue weighted by Gasteiger charge is -2.14. The number of hydrogen-bond donors (Lipinski definition) is 2. The van der Waals surface area contributed by atoms with Crippen molar-refractivity contribution in [1.29, 1.82) is 0 Å². The second-order valence-corrected chi connectivity index (χ2v) is 4.80. The number of halogens is 1. The summed E-state index contributed by atoms with van der Waals surface area (Å²) in [4.78, 5) is 11.9. The standard InChI is InChI=1S/C13H15FN2OS/c14-10-7-3-4-8-11(10)16-12(17)13(18)15-9-5-1-2-6-9/h3-4,7-9H,1-2,5-6H2,(H,15,18)(H,16,17). The molecule has 3 nitrogen and oxygen atoms in total. The number of carbonyl (C=O) groups excluding carboxylic acids is 1. The van der Waals surface area contributed by atoms with E-state index in [1.807, 2.05) is 0 Å². The summed E-state index contributed by atoms with van der Waals surface area (Å²) in [6.07, 6.45) is 4.39. The second-order valence-electron chi connectivity index (χ2n) is 4.39. The van der Waals surface area contributed by atoms with Crippen LogP contribution in [0.15, 0.2) is 24.3 Å². The minimum atomic E-state index is -0.463. The first kappa shape index (κ1) is 13.0. The Bertz CT molecular complexity index is 458. The number of rotatable bonds is 2. The zero-order valence-corrected chi connectivity index (χ0v) is 10.7. The molecule has 0 atom stereocenters. The zero-order valence-electron chi connectivity index (χ0n) is 9.91. The summed E-state index contributed by atoms with van der Waals surface area (Å²) in [6, 6.07) is 6.31. The fraction of sp³-hybridized carbons (Fsp3) is 0.385. The van der Waals surface area contributed by atoms with Crippen molar-refractivity contribution >= 4 is 28.8 Å². The van der Waals surface area contributed by atoms with Crippen LogP contribution in [0, 0.1) is 5.82 Å². The fourth-order valence-corrected chi connectivity index (χ4v) is 2.28. The van der Waals surface area contributed by atoms with Crippen molar-refractivity contribution in [2.45, 2.75) is 31.7 Å². The normalized spacial score (nSPS) is 15.4. The molecule has 0 unspecified atom stereocenters. The van der Waals surface area contributed by atoms with Crippen LogP contribution in [0.25, 0.3) is 0 Å². The van der Waals surface area contributed by atoms with Crippen molar-refractivity contribution in [1.82, 2.24) is 5.32 Å². The predicted octanol–water partition coefficient (Wildman–Crippen LogP) is 2.62. The molecule has 0 bridgehead atoms. The van der Waals surface area contributed by atoms with Gasteiger partial charge in [-0.15, -0.1) is 0 Å². The first-order chi connectivity index (χ1) is 8.66. The van der Waals surface area contributed by atoms with E-state index in [-0.39, 0.29) is 16.7 Å². The Kier molecular flexibility index (Phi) is 4.25. The fourth-order valence-electron chi connectivity index (χ4n) is 2.06. The van der Waals surface area contributed by atoms with Gasteiger partial charge in [-0.25, -0.2) is 4.39 Å². The van der Waals surface area contributed by atoms with Crippen LogP contribution in [0.4, 0.5) is 10.1 Å². The van der Waals surface area contributed by atoms with Crippen LogP contribution in [0.1, 0.15) is 25.7 Å². The molecule has 0 spiro atoms. The van der Waals surface area contributed by atoms with Crippen LogP contribution in [-0.4, -0.2) is 16.9 Å². The monoisotopic (exact) mass is 266 g/mol. The Balaban J connectivity index is 1.91. The number of benzene rings is 1. The highest BCUT2D eigenvalue weighted by molar-refractivity contribution is 7.82. The molecule has 0 saturated heterocycles. The third-order valence-electron chi connectivity index (χ3n) is 3.02. The summed E-state index contributed by atoms with van der Waals surface area (Å²) in [6.45, 7) is 0. The highest BCUT2D eigenvalue weighted by Crippen LogP contribution is 2.18. The molecule has 5 heteroatoms. The average Bonchev–Trinajstić information content (AvgIpc) is 2.84. The Morgan fingerprint density at radius 2 is 1.94 bits per heavy atom. The molecule has 96 valence electrons. The van der Waals surface area contributed by atoms with Crippen molar-refractivity contribution in [3.63, 3.8) is 0 Å². The molecule has 2 N–H and O–H groups in total. The van der Waals surface area contributed by atoms with Crippen LogP contribution in [0.2, 0.25) is 0 Å². The average molecular weight is 266 g/mol. The van der Waals surface area contributed by atoms with Gasteiger partial charge < -0.3 is 10.6 Å². The molecule has 1 fully saturated rings. The molecular formula is C13H15FN2OS. The summed E-state index contributed by atoms with van der Waals surface area (Å²) < 4.78 is 13.3. The maximum absolute atomic E-state index is 13.3. The Labute approximate surface area is 111 Å². The zero-order chi connectivity index (χ0) is 13.0. The molecule has 0 heterocycles. The van der Waals surface area contributed by atoms with E-state index in [9.17, 15) is 9.18 Å². The number of hydrogen-bond acceptors (Lipinski definition) is 2. The smallest absolute Gasteiger partial charge is 0.283 e. The molecule has 1 aromatic rings. The summed E-state index contributed by atoms with van der Waals surface area (Å²) in [5, 5.41) is 5.48. The SMILES string of the molecule is O=C(Nc1ccccc1F)C(=S)NC1CCCC1. The van der Waals surface area contributed by atoms with Gasteiger partial charge in [0, 0.05) is 6.04 Å². The van der Waals surface area contributed by atoms with Crippen LogP contribution >= 0.6 is 12.2 Å². The van der Waals surface area contributed by atoms with Gasteiger partial charge in [-0.3, -0.25) is 4.79 Å². The molecular weight excluding hydrogens is 251 g/mol. The Hall–Kier alpha value is -1.49. The van der Waals surface area contributed by atoms with Gasteiger partial charge in [0.2, 0.25) is 0 Å². The maximum atomic E-state index is 13.3. The predicted molar refractivity (Wildman–Crippen MR) is 73.0 cm³/mol. The van der Waals surface area contributed by atoms with Crippen LogP contribution in [0.5, 0.6) is 0 Å². The number of amides is 1. The summed E-state index contributed by atoms with van der Waals surface area (Å²) in [7, 11) is 0. The van der Waals surface area contributed by atoms with Crippen molar-refractivity contribution in [3.05, 3.63) is 30.1 Å². The van der Waals surface area contributed by atoms with E-state index in [0.717, 1.165) is 25.7 Å². The lowest BCUT2D eigenvalue weighted by Crippen LogP contribution is -2.39. The summed E-state index contributed by atoms with van der Waals surface area (Å²) in [5.41, 5.74) is 0.151. The molecule has 1 saturated carbocycles. The topological polar surface area (TPSA) is 41.1 Å². The minimum Gasteiger partial charge on any atom is -0.369 e. The lowest BCUT2D eigenvalue weighted by molar-refractivity contribution is -0.110. The molecule has 0 aromatic heterocycles. The number of carbonyl (C=O) groups is 1. The minimum absolute atomic E-state index is 0.130. The summed E-state index contributed by atoms with van der Waals surface area (Å²) in [5.74, 6) is -0.920. The van der Waals surface area contributed by atoms with Crippen molar-refractivity contribution in [3.8, 4) is 0 Å². The van der Waals surface area contributed by atoms with E-state index < -0.39 is 11.7 Å². The van der Waals surface area contributed by atoms with E-state index in [4.69, 9.17) is 12.2 Å². The molecule has 0 radical (unpaired) electrons. The van der Waals surface area contributed by atoms with Gasteiger partial charge in [-0.1, -0.05) is 37.2 Å². The van der Waals surface area contributed by atoms with E-state index in [1.54, 1.807) is 12.1 Å². The quantitative estimate of drug-likeness (QED) is 0.809. The molecule has 1 amide bonds. The number of anilines is 1. The van der Waals surface area contributed by atoms with Crippen LogP contribution in [-0.2, 0) is 4.79 Å². The van der Waals surface area contributed by atoms with Gasteiger partial charge in [-0.2, -0.15) is 0 Å². The number of nitrogens with one attached hydrogen (secondary N) is 2. The van der Waals surface area contributed by atoms with E-state index in [0.29, 0.717) is 0 Å². The first-order valence-corrected chi connectivity index (χ1v) is 6.44. The van der Waals surface area contributed by atoms with E-state index in [1.165, 1.54) is 12.1 Å². The number of thiocarbonyl (C=S) groups is 1. The Morgan fingerprint density at radius 3 is 2.61 bits per heavy atom. The van der Waals surface area contributed by atoms with Gasteiger partial charge >= 0.3 is 0 Å². The van der Waals surface area contributed by atoms with Gasteiger partial charge in [0.15, 0.2) is 4.99 Å². The van der Waals surface area contributed by atoms with Gasteiger partial charge in [0.25, 0.3) is 5.91 Å². The van der Waals surface area contributed by atoms with E-state index >= 15 is 0 Å². The molecule has 2 rings (SSSR count). The maximum Gasteiger partial charge on any atom is 0.283 e. The second kappa shape index (κ2) is 5.91. The van der Waals surface area contributed by atoms with Gasteiger partial charge in [-0.05, 0) is 25.0 Å². The van der Waals surface area contributed by atoms with Crippen LogP contribution < -0.4 is 10.6 Å². The van der Waals surface area contributed by atoms with Crippen molar-refractivity contribution in [2.75, 3.05) is 5.32 Å².